The summed E-state index contributed by atoms with van der Waals surface area (Å²) in [5.74, 6) is -4.78. The van der Waals surface area contributed by atoms with Crippen LogP contribution in [0.25, 0.3) is 0 Å². The van der Waals surface area contributed by atoms with Gasteiger partial charge in [0.2, 0.25) is 0 Å². The average molecular weight is 436 g/mol. The second-order valence-corrected chi connectivity index (χ2v) is 6.44. The van der Waals surface area contributed by atoms with Gasteiger partial charge in [-0.1, -0.05) is 0 Å². The van der Waals surface area contributed by atoms with Crippen LogP contribution in [0.15, 0.2) is 12.1 Å². The highest BCUT2D eigenvalue weighted by atomic mass is 16.5. The fourth-order valence-electron chi connectivity index (χ4n) is 3.11. The predicted octanol–water partition coefficient (Wildman–Crippen LogP) is -1.77. The number of aliphatic hydroxyl groups is 2. The van der Waals surface area contributed by atoms with Crippen LogP contribution in [-0.4, -0.2) is 103 Å². The first-order valence-corrected chi connectivity index (χ1v) is 8.84. The van der Waals surface area contributed by atoms with E-state index in [0.717, 1.165) is 31.3 Å². The Morgan fingerprint density at radius 3 is 2.03 bits per heavy atom. The van der Waals surface area contributed by atoms with Crippen molar-refractivity contribution in [3.05, 3.63) is 34.4 Å². The number of carbonyl (C=O) groups excluding carboxylic acids is 6. The number of aliphatic hydroxyl groups excluding tert-OH is 2. The molecule has 0 fully saturated rings. The maximum Gasteiger partial charge on any atom is 0.331 e. The Labute approximate surface area is 175 Å². The maximum atomic E-state index is 12.9. The Kier molecular flexibility index (Phi) is 7.20. The number of aldehydes is 1. The van der Waals surface area contributed by atoms with Crippen LogP contribution in [0.4, 0.5) is 0 Å². The van der Waals surface area contributed by atoms with Gasteiger partial charge in [-0.3, -0.25) is 24.1 Å². The molecule has 1 heterocycles. The summed E-state index contributed by atoms with van der Waals surface area (Å²) in [4.78, 5) is 74.8. The van der Waals surface area contributed by atoms with Crippen molar-refractivity contribution in [2.45, 2.75) is 12.1 Å². The number of fused-ring (bicyclic) bond motifs is 1. The average Bonchev–Trinajstić information content (AvgIpc) is 3.02. The van der Waals surface area contributed by atoms with Gasteiger partial charge in [0.05, 0.1) is 44.1 Å². The summed E-state index contributed by atoms with van der Waals surface area (Å²) in [6.07, 6.45) is 0.275. The molecule has 1 aromatic rings. The second-order valence-electron chi connectivity index (χ2n) is 6.44. The first kappa shape index (κ1) is 23.6. The molecule has 3 amide bonds. The predicted molar refractivity (Wildman–Crippen MR) is 100 cm³/mol. The number of benzene rings is 1. The van der Waals surface area contributed by atoms with Crippen LogP contribution in [0.2, 0.25) is 0 Å². The summed E-state index contributed by atoms with van der Waals surface area (Å²) in [7, 11) is 3.26. The molecule has 31 heavy (non-hydrogen) atoms. The summed E-state index contributed by atoms with van der Waals surface area (Å²) in [5, 5.41) is 18.9. The number of rotatable bonds is 8. The molecule has 0 aliphatic carbocycles. The van der Waals surface area contributed by atoms with Crippen LogP contribution in [0, 0.1) is 0 Å². The molecule has 12 nitrogen and oxygen atoms in total. The highest BCUT2D eigenvalue weighted by Gasteiger charge is 2.44. The zero-order valence-corrected chi connectivity index (χ0v) is 16.9. The number of esters is 2. The van der Waals surface area contributed by atoms with Crippen LogP contribution >= 0.6 is 0 Å². The minimum Gasteiger partial charge on any atom is -0.467 e. The molecule has 1 aromatic carbocycles. The molecule has 2 rings (SSSR count). The lowest BCUT2D eigenvalue weighted by Crippen LogP contribution is -2.47. The summed E-state index contributed by atoms with van der Waals surface area (Å²) in [5.41, 5.74) is -1.12. The first-order chi connectivity index (χ1) is 14.7. The fourth-order valence-corrected chi connectivity index (χ4v) is 3.11. The van der Waals surface area contributed by atoms with Crippen molar-refractivity contribution in [2.24, 2.45) is 0 Å². The monoisotopic (exact) mass is 436 g/mol. The van der Waals surface area contributed by atoms with Gasteiger partial charge >= 0.3 is 11.9 Å². The Morgan fingerprint density at radius 1 is 1.03 bits per heavy atom. The smallest absolute Gasteiger partial charge is 0.331 e. The van der Waals surface area contributed by atoms with E-state index in [2.05, 4.69) is 9.47 Å². The number of hydrogen-bond donors (Lipinski definition) is 2. The van der Waals surface area contributed by atoms with Gasteiger partial charge in [-0.05, 0) is 12.1 Å². The highest BCUT2D eigenvalue weighted by Crippen LogP contribution is 2.28. The van der Waals surface area contributed by atoms with Crippen LogP contribution in [0.5, 0.6) is 0 Å². The third-order valence-corrected chi connectivity index (χ3v) is 4.84. The lowest BCUT2D eigenvalue weighted by atomic mass is 9.99. The molecular weight excluding hydrogens is 416 g/mol. The van der Waals surface area contributed by atoms with Crippen molar-refractivity contribution in [1.82, 2.24) is 9.80 Å². The van der Waals surface area contributed by atoms with Crippen molar-refractivity contribution in [1.29, 1.82) is 0 Å². The normalized spacial score (nSPS) is 14.5. The number of carbonyl (C=O) groups is 6. The SMILES string of the molecule is COC(=O)C(CO)N(C)C(=O)c1cc2c(cc1C=O)C(=O)N(C(CO)C(=O)OC)C2=O. The van der Waals surface area contributed by atoms with Crippen molar-refractivity contribution in [3.63, 3.8) is 0 Å². The molecule has 0 bridgehead atoms. The number of amides is 3. The van der Waals surface area contributed by atoms with Crippen molar-refractivity contribution < 1.29 is 48.5 Å². The Balaban J connectivity index is 2.54. The largest absolute Gasteiger partial charge is 0.467 e. The topological polar surface area (TPSA) is 168 Å². The van der Waals surface area contributed by atoms with Gasteiger partial charge in [0.1, 0.15) is 0 Å². The number of likely N-dealkylation sites (N-methyl/N-ethyl adjacent to an activating group) is 1. The van der Waals surface area contributed by atoms with E-state index in [0.29, 0.717) is 4.90 Å². The molecule has 2 N–H and O–H groups in total. The van der Waals surface area contributed by atoms with Crippen LogP contribution in [0.3, 0.4) is 0 Å². The number of ether oxygens (including phenoxy) is 2. The lowest BCUT2D eigenvalue weighted by Gasteiger charge is -2.25. The molecule has 0 saturated carbocycles. The van der Waals surface area contributed by atoms with Crippen molar-refractivity contribution in [3.8, 4) is 0 Å². The molecule has 12 heteroatoms. The Bertz CT molecular complexity index is 957. The highest BCUT2D eigenvalue weighted by molar-refractivity contribution is 6.24. The third kappa shape index (κ3) is 4.02. The molecule has 0 aromatic heterocycles. The van der Waals surface area contributed by atoms with Crippen LogP contribution < -0.4 is 0 Å². The molecule has 0 spiro atoms. The van der Waals surface area contributed by atoms with Crippen molar-refractivity contribution >= 4 is 35.9 Å². The van der Waals surface area contributed by atoms with Gasteiger partial charge in [0.15, 0.2) is 18.4 Å². The number of nitrogens with zero attached hydrogens (tertiary/aromatic N) is 2. The Morgan fingerprint density at radius 2 is 1.58 bits per heavy atom. The van der Waals surface area contributed by atoms with E-state index in [1.165, 1.54) is 7.05 Å². The van der Waals surface area contributed by atoms with Gasteiger partial charge in [-0.15, -0.1) is 0 Å². The van der Waals surface area contributed by atoms with Crippen molar-refractivity contribution in [2.75, 3.05) is 34.5 Å². The molecule has 166 valence electrons. The van der Waals surface area contributed by atoms with Gasteiger partial charge in [0.25, 0.3) is 17.7 Å². The summed E-state index contributed by atoms with van der Waals surface area (Å²) in [6, 6.07) is -1.01. The van der Waals surface area contributed by atoms with E-state index in [1.54, 1.807) is 0 Å². The fraction of sp³-hybridized carbons (Fsp3) is 0.368. The first-order valence-electron chi connectivity index (χ1n) is 8.84. The zero-order valence-electron chi connectivity index (χ0n) is 16.9. The molecular formula is C19H20N2O10. The third-order valence-electron chi connectivity index (χ3n) is 4.84. The second kappa shape index (κ2) is 9.45. The maximum absolute atomic E-state index is 12.9. The Hall–Kier alpha value is -3.64. The van der Waals surface area contributed by atoms with E-state index in [1.807, 2.05) is 0 Å². The minimum atomic E-state index is -1.61. The van der Waals surface area contributed by atoms with E-state index < -0.39 is 55.0 Å². The van der Waals surface area contributed by atoms with E-state index in [9.17, 15) is 39.0 Å². The lowest BCUT2D eigenvalue weighted by molar-refractivity contribution is -0.147. The number of hydrogen-bond acceptors (Lipinski definition) is 10. The van der Waals surface area contributed by atoms with Crippen LogP contribution in [-0.2, 0) is 19.1 Å². The molecule has 0 saturated heterocycles. The van der Waals surface area contributed by atoms with Crippen LogP contribution in [0.1, 0.15) is 41.4 Å². The molecule has 0 radical (unpaired) electrons. The summed E-state index contributed by atoms with van der Waals surface area (Å²) >= 11 is 0. The van der Waals surface area contributed by atoms with Gasteiger partial charge in [-0.2, -0.15) is 0 Å². The standard InChI is InChI=1S/C19H20N2O10/c1-20(13(7-23)18(28)30-2)15(25)10-5-12-11(4-9(10)6-22)16(26)21(17(12)27)14(8-24)19(29)31-3/h4-6,13-14,23-24H,7-8H2,1-3H3. The number of imide groups is 1. The molecule has 1 aliphatic rings. The zero-order chi connectivity index (χ0) is 23.5. The summed E-state index contributed by atoms with van der Waals surface area (Å²) in [6.45, 7) is -1.66. The number of methoxy groups -OCH3 is 2. The van der Waals surface area contributed by atoms with E-state index in [-0.39, 0.29) is 28.5 Å². The molecule has 2 unspecified atom stereocenters. The minimum absolute atomic E-state index is 0.250. The van der Waals surface area contributed by atoms with Gasteiger partial charge < -0.3 is 24.6 Å². The van der Waals surface area contributed by atoms with Gasteiger partial charge in [0, 0.05) is 12.6 Å². The molecule has 2 atom stereocenters. The van der Waals surface area contributed by atoms with E-state index in [4.69, 9.17) is 0 Å². The summed E-state index contributed by atoms with van der Waals surface area (Å²) < 4.78 is 9.01. The van der Waals surface area contributed by atoms with E-state index >= 15 is 0 Å². The molecule has 1 aliphatic heterocycles. The quantitative estimate of drug-likeness (QED) is 0.270. The van der Waals surface area contributed by atoms with Gasteiger partial charge in [-0.25, -0.2) is 9.59 Å².